The summed E-state index contributed by atoms with van der Waals surface area (Å²) in [5.41, 5.74) is -9.28. The van der Waals surface area contributed by atoms with Crippen molar-refractivity contribution in [1.82, 2.24) is 4.90 Å². The number of carbonyl (C=O) groups is 1. The van der Waals surface area contributed by atoms with Gasteiger partial charge >= 0.3 is 212 Å². The van der Waals surface area contributed by atoms with Crippen molar-refractivity contribution in [3.05, 3.63) is 65.0 Å². The number of hydrogen-bond acceptors (Lipinski definition) is 6. The number of aryl methyl sites for hydroxylation is 1. The van der Waals surface area contributed by atoms with Gasteiger partial charge < -0.3 is 0 Å². The summed E-state index contributed by atoms with van der Waals surface area (Å²) in [5, 5.41) is 0. The standard InChI is InChI=1S/C27H28F8NO6PS/c1-23(14-41-43(2,38)42-15-23)22(37)36-12-11-24(44(39,40)19-7-5-18(28)6-8-19)20-9-4-17(13-16(20)3-10-21(24)36)25(29,26(30,31)32)27(33,34)35/h4-9,13,21,38,43H,3,10-12,14-15H2,1-2H3/t21-,24-/m1/s1. The normalized spacial score (nSPS) is 28.2. The number of fused-ring (bicyclic) bond motifs is 3. The molecule has 2 aliphatic heterocycles. The molecule has 7 nitrogen and oxygen atoms in total. The van der Waals surface area contributed by atoms with Crippen molar-refractivity contribution < 1.29 is 62.3 Å². The van der Waals surface area contributed by atoms with Crippen LogP contribution in [0.25, 0.3) is 0 Å². The van der Waals surface area contributed by atoms with Crippen LogP contribution >= 0.6 is 7.94 Å². The van der Waals surface area contributed by atoms with Gasteiger partial charge in [-0.3, -0.25) is 0 Å². The second kappa shape index (κ2) is 10.3. The third-order valence-electron chi connectivity index (χ3n) is 8.76. The molecule has 0 bridgehead atoms. The maximum absolute atomic E-state index is 15.0. The number of alkyl halides is 7. The topological polar surface area (TPSA) is 93.1 Å². The first-order valence-electron chi connectivity index (χ1n) is 13.4. The van der Waals surface area contributed by atoms with Crippen molar-refractivity contribution >= 4 is 23.7 Å². The van der Waals surface area contributed by atoms with E-state index < -0.39 is 74.2 Å². The number of sulfone groups is 1. The van der Waals surface area contributed by atoms with E-state index in [-0.39, 0.29) is 56.2 Å². The number of carbonyl (C=O) groups excluding carboxylic acids is 1. The predicted octanol–water partition coefficient (Wildman–Crippen LogP) is 5.50. The molecular weight excluding hydrogens is 649 g/mol. The number of likely N-dealkylation sites (tertiary alicyclic amines) is 1. The number of halogens is 8. The summed E-state index contributed by atoms with van der Waals surface area (Å²) in [6.07, 6.45) is -13.6. The Morgan fingerprint density at radius 2 is 1.57 bits per heavy atom. The SMILES string of the molecule is CC1(C(=O)N2CC[C@@]3(S(=O)(=O)c4ccc(F)cc4)c4ccc(C(F)(C(F)(F)F)C(F)(F)F)cc4CC[C@@H]23)CO[PH](C)(O)OC1. The molecule has 2 aromatic carbocycles. The summed E-state index contributed by atoms with van der Waals surface area (Å²) in [7, 11) is -8.10. The van der Waals surface area contributed by atoms with E-state index >= 15 is 0 Å². The van der Waals surface area contributed by atoms with E-state index in [2.05, 4.69) is 0 Å². The summed E-state index contributed by atoms with van der Waals surface area (Å²) in [5.74, 6) is -1.36. The van der Waals surface area contributed by atoms with E-state index in [1.54, 1.807) is 0 Å². The first-order valence-corrected chi connectivity index (χ1v) is 17.1. The van der Waals surface area contributed by atoms with Crippen molar-refractivity contribution in [2.24, 2.45) is 5.41 Å². The summed E-state index contributed by atoms with van der Waals surface area (Å²) in [4.78, 5) is 24.9. The van der Waals surface area contributed by atoms with Crippen LogP contribution in [0.4, 0.5) is 35.1 Å². The molecule has 5 rings (SSSR count). The molecule has 244 valence electrons. The van der Waals surface area contributed by atoms with Crippen LogP contribution in [0.2, 0.25) is 0 Å². The Hall–Kier alpha value is -2.39. The van der Waals surface area contributed by atoms with Crippen molar-refractivity contribution in [2.75, 3.05) is 26.4 Å². The Balaban J connectivity index is 1.66. The van der Waals surface area contributed by atoms with Gasteiger partial charge in [-0.2, -0.15) is 26.3 Å². The summed E-state index contributed by atoms with van der Waals surface area (Å²) >= 11 is 0. The van der Waals surface area contributed by atoms with Gasteiger partial charge in [-0.05, 0) is 0 Å². The van der Waals surface area contributed by atoms with Gasteiger partial charge in [-0.15, -0.1) is 0 Å². The van der Waals surface area contributed by atoms with E-state index in [0.717, 1.165) is 30.3 Å². The number of amides is 1. The Labute approximate surface area is 247 Å². The Bertz CT molecular complexity index is 1560. The molecule has 2 heterocycles. The van der Waals surface area contributed by atoms with Crippen molar-refractivity contribution in [3.63, 3.8) is 0 Å². The first kappa shape index (κ1) is 33.0. The molecule has 0 radical (unpaired) electrons. The van der Waals surface area contributed by atoms with Crippen molar-refractivity contribution in [1.29, 1.82) is 0 Å². The molecule has 0 unspecified atom stereocenters. The van der Waals surface area contributed by atoms with Gasteiger partial charge in [0.15, 0.2) is 0 Å². The van der Waals surface area contributed by atoms with Gasteiger partial charge in [0.1, 0.15) is 0 Å². The fraction of sp³-hybridized carbons (Fsp3) is 0.519. The molecule has 0 aromatic heterocycles. The number of nitrogens with zero attached hydrogens (tertiary/aromatic N) is 1. The molecule has 44 heavy (non-hydrogen) atoms. The average molecular weight is 678 g/mol. The fourth-order valence-electron chi connectivity index (χ4n) is 6.44. The Morgan fingerprint density at radius 3 is 2.11 bits per heavy atom. The van der Waals surface area contributed by atoms with Gasteiger partial charge in [0.05, 0.1) is 0 Å². The maximum atomic E-state index is 15.0. The first-order chi connectivity index (χ1) is 20.1. The molecule has 2 fully saturated rings. The van der Waals surface area contributed by atoms with Gasteiger partial charge in [-0.25, -0.2) is 8.78 Å². The van der Waals surface area contributed by atoms with Crippen LogP contribution in [-0.4, -0.2) is 68.9 Å². The van der Waals surface area contributed by atoms with Crippen LogP contribution in [0.1, 0.15) is 36.5 Å². The zero-order valence-electron chi connectivity index (χ0n) is 23.2. The third-order valence-corrected chi connectivity index (χ3v) is 12.7. The van der Waals surface area contributed by atoms with Crippen LogP contribution < -0.4 is 0 Å². The molecule has 1 N–H and O–H groups in total. The number of rotatable bonds is 4. The van der Waals surface area contributed by atoms with Crippen molar-refractivity contribution in [3.8, 4) is 0 Å². The number of benzene rings is 2. The van der Waals surface area contributed by atoms with Crippen LogP contribution in [-0.2, 0) is 40.5 Å². The molecule has 0 spiro atoms. The van der Waals surface area contributed by atoms with Crippen LogP contribution in [0.3, 0.4) is 0 Å². The zero-order valence-corrected chi connectivity index (χ0v) is 25.0. The van der Waals surface area contributed by atoms with Crippen LogP contribution in [0, 0.1) is 11.2 Å². The monoisotopic (exact) mass is 677 g/mol. The summed E-state index contributed by atoms with van der Waals surface area (Å²) < 4.78 is 148. The third kappa shape index (κ3) is 4.83. The molecule has 1 amide bonds. The average Bonchev–Trinajstić information content (AvgIpc) is 3.34. The molecule has 3 aliphatic rings. The second-order valence-corrected chi connectivity index (χ2v) is 16.3. The molecule has 1 aliphatic carbocycles. The molecule has 2 aromatic rings. The number of hydrogen-bond donors (Lipinski definition) is 1. The van der Waals surface area contributed by atoms with E-state index in [9.17, 15) is 53.2 Å². The van der Waals surface area contributed by atoms with E-state index in [1.165, 1.54) is 18.5 Å². The minimum absolute atomic E-state index is 0.180. The minimum atomic E-state index is -6.38. The van der Waals surface area contributed by atoms with Gasteiger partial charge in [0.25, 0.3) is 0 Å². The Morgan fingerprint density at radius 1 is 1.00 bits per heavy atom. The summed E-state index contributed by atoms with van der Waals surface area (Å²) in [6, 6.07) is 3.93. The molecule has 17 heteroatoms. The van der Waals surface area contributed by atoms with Gasteiger partial charge in [0, 0.05) is 0 Å². The second-order valence-electron chi connectivity index (χ2n) is 11.7. The quantitative estimate of drug-likeness (QED) is 0.261. The molecule has 2 saturated heterocycles. The predicted molar refractivity (Wildman–Crippen MR) is 142 cm³/mol. The van der Waals surface area contributed by atoms with E-state index in [1.807, 2.05) is 0 Å². The van der Waals surface area contributed by atoms with Crippen LogP contribution in [0.15, 0.2) is 47.4 Å². The summed E-state index contributed by atoms with van der Waals surface area (Å²) in [6.45, 7) is 2.15. The molecule has 0 saturated carbocycles. The Kier molecular flexibility index (Phi) is 7.73. The van der Waals surface area contributed by atoms with Crippen LogP contribution in [0.5, 0.6) is 0 Å². The molecular formula is C27H28F8NO6PS. The van der Waals surface area contributed by atoms with Gasteiger partial charge in [-0.1, -0.05) is 0 Å². The van der Waals surface area contributed by atoms with Crippen molar-refractivity contribution in [2.45, 2.75) is 59.9 Å². The van der Waals surface area contributed by atoms with E-state index in [4.69, 9.17) is 9.05 Å². The fourth-order valence-corrected chi connectivity index (χ4v) is 10.1. The van der Waals surface area contributed by atoms with E-state index in [0.29, 0.717) is 6.07 Å². The zero-order chi connectivity index (χ0) is 32.7. The van der Waals surface area contributed by atoms with Gasteiger partial charge in [0.2, 0.25) is 0 Å². The molecule has 2 atom stereocenters.